The van der Waals surface area contributed by atoms with Crippen molar-refractivity contribution in [2.45, 2.75) is 67.0 Å². The van der Waals surface area contributed by atoms with Crippen LogP contribution in [-0.2, 0) is 11.3 Å². The fraction of sp³-hybridized carbons (Fsp3) is 0.550. The van der Waals surface area contributed by atoms with Gasteiger partial charge in [0.2, 0.25) is 0 Å². The average Bonchev–Trinajstić information content (AvgIpc) is 2.63. The number of benzene rings is 1. The molecule has 1 aromatic rings. The third-order valence-corrected chi connectivity index (χ3v) is 4.96. The minimum absolute atomic E-state index is 0.00176. The minimum Gasteiger partial charge on any atom is -0.323 e. The Hall–Kier alpha value is -2.17. The van der Waals surface area contributed by atoms with Crippen LogP contribution in [0.3, 0.4) is 0 Å². The van der Waals surface area contributed by atoms with Crippen molar-refractivity contribution in [3.05, 3.63) is 33.9 Å². The fourth-order valence-corrected chi connectivity index (χ4v) is 4.02. The van der Waals surface area contributed by atoms with Crippen LogP contribution >= 0.6 is 0 Å². The Balaban J connectivity index is 2.40. The Bertz CT molecular complexity index is 752. The summed E-state index contributed by atoms with van der Waals surface area (Å²) in [5.74, 6) is 0.0920. The number of carbonyl (C=O) groups is 3. The zero-order chi connectivity index (χ0) is 19.1. The molecule has 1 atom stereocenters. The summed E-state index contributed by atoms with van der Waals surface area (Å²) in [6.45, 7) is 13.3. The molecule has 0 bridgehead atoms. The highest BCUT2D eigenvalue weighted by Crippen LogP contribution is 2.29. The van der Waals surface area contributed by atoms with Crippen molar-refractivity contribution >= 4 is 17.7 Å². The molecule has 1 heterocycles. The summed E-state index contributed by atoms with van der Waals surface area (Å²) in [7, 11) is 0. The summed E-state index contributed by atoms with van der Waals surface area (Å²) in [5.41, 5.74) is 3.45. The molecule has 3 amide bonds. The summed E-state index contributed by atoms with van der Waals surface area (Å²) >= 11 is 0. The van der Waals surface area contributed by atoms with Crippen molar-refractivity contribution < 1.29 is 14.4 Å². The lowest BCUT2D eigenvalue weighted by atomic mass is 9.89. The van der Waals surface area contributed by atoms with Gasteiger partial charge in [0.1, 0.15) is 5.54 Å². The Labute approximate surface area is 149 Å². The van der Waals surface area contributed by atoms with Crippen molar-refractivity contribution in [3.8, 4) is 0 Å². The van der Waals surface area contributed by atoms with Crippen LogP contribution in [0.2, 0.25) is 0 Å². The molecular weight excluding hydrogens is 316 g/mol. The molecular formula is C20H28N2O3. The third kappa shape index (κ3) is 3.46. The number of rotatable bonds is 5. The van der Waals surface area contributed by atoms with Gasteiger partial charge in [0, 0.05) is 5.56 Å². The van der Waals surface area contributed by atoms with E-state index in [1.54, 1.807) is 13.8 Å². The number of urea groups is 1. The van der Waals surface area contributed by atoms with Crippen molar-refractivity contribution in [3.63, 3.8) is 0 Å². The van der Waals surface area contributed by atoms with Gasteiger partial charge >= 0.3 is 6.03 Å². The van der Waals surface area contributed by atoms with Gasteiger partial charge in [0.15, 0.2) is 5.78 Å². The highest BCUT2D eigenvalue weighted by atomic mass is 16.2. The van der Waals surface area contributed by atoms with Crippen LogP contribution in [0.25, 0.3) is 0 Å². The molecule has 5 nitrogen and oxygen atoms in total. The average molecular weight is 344 g/mol. The molecule has 1 unspecified atom stereocenters. The maximum atomic E-state index is 12.9. The van der Waals surface area contributed by atoms with E-state index in [-0.39, 0.29) is 24.3 Å². The van der Waals surface area contributed by atoms with E-state index in [0.717, 1.165) is 22.3 Å². The van der Waals surface area contributed by atoms with Crippen LogP contribution in [0.15, 0.2) is 6.07 Å². The predicted molar refractivity (Wildman–Crippen MR) is 97.6 cm³/mol. The summed E-state index contributed by atoms with van der Waals surface area (Å²) in [6.07, 6.45) is 0.596. The first-order chi connectivity index (χ1) is 11.5. The molecule has 1 aliphatic heterocycles. The van der Waals surface area contributed by atoms with Crippen molar-refractivity contribution in [1.29, 1.82) is 0 Å². The molecule has 25 heavy (non-hydrogen) atoms. The SMILES string of the molecule is CC(=O)c1c(C)cc(C)c(CN2C(=O)NC(C)(CC(C)C)C2=O)c1C. The lowest BCUT2D eigenvalue weighted by molar-refractivity contribution is -0.131. The lowest BCUT2D eigenvalue weighted by Crippen LogP contribution is -2.44. The summed E-state index contributed by atoms with van der Waals surface area (Å²) in [6, 6.07) is 1.59. The minimum atomic E-state index is -0.860. The lowest BCUT2D eigenvalue weighted by Gasteiger charge is -2.24. The zero-order valence-corrected chi connectivity index (χ0v) is 16.2. The van der Waals surface area contributed by atoms with Gasteiger partial charge in [-0.1, -0.05) is 19.9 Å². The maximum Gasteiger partial charge on any atom is 0.325 e. The molecule has 1 saturated heterocycles. The van der Waals surface area contributed by atoms with Crippen LogP contribution in [-0.4, -0.2) is 28.2 Å². The number of ketones is 1. The first-order valence-corrected chi connectivity index (χ1v) is 8.72. The molecule has 0 aromatic heterocycles. The van der Waals surface area contributed by atoms with Crippen LogP contribution in [0.4, 0.5) is 4.79 Å². The van der Waals surface area contributed by atoms with E-state index in [1.807, 2.05) is 40.7 Å². The second-order valence-electron chi connectivity index (χ2n) is 7.80. The predicted octanol–water partition coefficient (Wildman–Crippen LogP) is 3.67. The first kappa shape index (κ1) is 19.2. The molecule has 0 radical (unpaired) electrons. The number of imide groups is 1. The number of nitrogens with zero attached hydrogens (tertiary/aromatic N) is 1. The number of nitrogens with one attached hydrogen (secondary N) is 1. The Morgan fingerprint density at radius 1 is 1.20 bits per heavy atom. The Morgan fingerprint density at radius 3 is 2.32 bits per heavy atom. The molecule has 1 N–H and O–H groups in total. The van der Waals surface area contributed by atoms with Crippen molar-refractivity contribution in [2.75, 3.05) is 0 Å². The van der Waals surface area contributed by atoms with Gasteiger partial charge in [-0.15, -0.1) is 0 Å². The van der Waals surface area contributed by atoms with E-state index in [9.17, 15) is 14.4 Å². The molecule has 0 saturated carbocycles. The molecule has 1 aromatic carbocycles. The van der Waals surface area contributed by atoms with Gasteiger partial charge in [-0.25, -0.2) is 4.79 Å². The van der Waals surface area contributed by atoms with Crippen molar-refractivity contribution in [1.82, 2.24) is 10.2 Å². The van der Waals surface area contributed by atoms with Gasteiger partial charge in [-0.3, -0.25) is 14.5 Å². The Morgan fingerprint density at radius 2 is 1.80 bits per heavy atom. The van der Waals surface area contributed by atoms with E-state index in [1.165, 1.54) is 4.90 Å². The Kier molecular flexibility index (Phi) is 5.07. The number of hydrogen-bond donors (Lipinski definition) is 1. The normalized spacial score (nSPS) is 20.4. The maximum absolute atomic E-state index is 12.9. The van der Waals surface area contributed by atoms with Gasteiger partial charge in [0.25, 0.3) is 5.91 Å². The highest BCUT2D eigenvalue weighted by Gasteiger charge is 2.47. The fourth-order valence-electron chi connectivity index (χ4n) is 4.02. The smallest absolute Gasteiger partial charge is 0.323 e. The second-order valence-corrected chi connectivity index (χ2v) is 7.80. The van der Waals surface area contributed by atoms with Crippen molar-refractivity contribution in [2.24, 2.45) is 5.92 Å². The second kappa shape index (κ2) is 6.62. The molecule has 5 heteroatoms. The number of Topliss-reactive ketones (excluding diaryl/α,β-unsaturated/α-hetero) is 1. The molecule has 0 spiro atoms. The molecule has 2 rings (SSSR count). The van der Waals surface area contributed by atoms with E-state index in [2.05, 4.69) is 5.32 Å². The summed E-state index contributed by atoms with van der Waals surface area (Å²) in [4.78, 5) is 38.5. The molecule has 1 aliphatic rings. The zero-order valence-electron chi connectivity index (χ0n) is 16.2. The molecule has 0 aliphatic carbocycles. The molecule has 136 valence electrons. The van der Waals surface area contributed by atoms with E-state index < -0.39 is 5.54 Å². The third-order valence-electron chi connectivity index (χ3n) is 4.96. The topological polar surface area (TPSA) is 66.5 Å². The largest absolute Gasteiger partial charge is 0.325 e. The number of amides is 3. The van der Waals surface area contributed by atoms with E-state index in [0.29, 0.717) is 17.9 Å². The summed E-state index contributed by atoms with van der Waals surface area (Å²) < 4.78 is 0. The standard InChI is InChI=1S/C20H28N2O3/c1-11(2)9-20(7)18(24)22(19(25)21-20)10-16-12(3)8-13(4)17(14(16)5)15(6)23/h8,11H,9-10H2,1-7H3,(H,21,25). The monoisotopic (exact) mass is 344 g/mol. The van der Waals surface area contributed by atoms with Gasteiger partial charge < -0.3 is 5.32 Å². The molecule has 1 fully saturated rings. The number of hydrogen-bond acceptors (Lipinski definition) is 3. The van der Waals surface area contributed by atoms with Gasteiger partial charge in [-0.05, 0) is 69.2 Å². The number of aryl methyl sites for hydroxylation is 2. The van der Waals surface area contributed by atoms with Gasteiger partial charge in [-0.2, -0.15) is 0 Å². The summed E-state index contributed by atoms with van der Waals surface area (Å²) in [5, 5.41) is 2.84. The van der Waals surface area contributed by atoms with Crippen LogP contribution in [0, 0.1) is 26.7 Å². The van der Waals surface area contributed by atoms with Gasteiger partial charge in [0.05, 0.1) is 6.54 Å². The van der Waals surface area contributed by atoms with E-state index >= 15 is 0 Å². The van der Waals surface area contributed by atoms with Crippen LogP contribution in [0.5, 0.6) is 0 Å². The quantitative estimate of drug-likeness (QED) is 0.654. The van der Waals surface area contributed by atoms with Crippen LogP contribution < -0.4 is 5.32 Å². The number of carbonyl (C=O) groups excluding carboxylic acids is 3. The van der Waals surface area contributed by atoms with E-state index in [4.69, 9.17) is 0 Å². The van der Waals surface area contributed by atoms with Crippen LogP contribution in [0.1, 0.15) is 66.7 Å². The highest BCUT2D eigenvalue weighted by molar-refractivity contribution is 6.06. The first-order valence-electron chi connectivity index (χ1n) is 8.72.